The first-order valence-corrected chi connectivity index (χ1v) is 6.64. The van der Waals surface area contributed by atoms with Crippen molar-refractivity contribution >= 4 is 0 Å². The highest BCUT2D eigenvalue weighted by Crippen LogP contribution is 2.55. The second-order valence-corrected chi connectivity index (χ2v) is 6.18. The molecule has 2 atom stereocenters. The van der Waals surface area contributed by atoms with Gasteiger partial charge < -0.3 is 9.47 Å². The largest absolute Gasteiger partial charge is 0.373 e. The van der Waals surface area contributed by atoms with Crippen molar-refractivity contribution in [3.8, 4) is 0 Å². The SMILES string of the molecule is COC1(C)Cc2c3c(c(C)c(C)c21)C(C)(OC)C3. The Morgan fingerprint density at radius 2 is 1.11 bits per heavy atom. The topological polar surface area (TPSA) is 18.5 Å². The minimum absolute atomic E-state index is 0.0712. The monoisotopic (exact) mass is 246 g/mol. The number of methoxy groups -OCH3 is 2. The molecule has 0 bridgehead atoms. The predicted octanol–water partition coefficient (Wildman–Crippen LogP) is 3.14. The highest BCUT2D eigenvalue weighted by atomic mass is 16.5. The molecule has 2 aliphatic rings. The van der Waals surface area contributed by atoms with Crippen LogP contribution in [-0.4, -0.2) is 14.2 Å². The molecule has 0 aromatic heterocycles. The first-order valence-electron chi connectivity index (χ1n) is 6.64. The van der Waals surface area contributed by atoms with Crippen molar-refractivity contribution in [3.05, 3.63) is 33.4 Å². The summed E-state index contributed by atoms with van der Waals surface area (Å²) in [7, 11) is 3.63. The molecule has 0 radical (unpaired) electrons. The summed E-state index contributed by atoms with van der Waals surface area (Å²) in [5.74, 6) is 0. The van der Waals surface area contributed by atoms with Gasteiger partial charge in [-0.3, -0.25) is 0 Å². The third kappa shape index (κ3) is 1.16. The summed E-state index contributed by atoms with van der Waals surface area (Å²) in [4.78, 5) is 0. The molecule has 98 valence electrons. The zero-order valence-corrected chi connectivity index (χ0v) is 12.2. The fraction of sp³-hybridized carbons (Fsp3) is 0.625. The van der Waals surface area contributed by atoms with Crippen LogP contribution in [-0.2, 0) is 33.5 Å². The molecule has 18 heavy (non-hydrogen) atoms. The Kier molecular flexibility index (Phi) is 2.28. The summed E-state index contributed by atoms with van der Waals surface area (Å²) in [5, 5.41) is 0. The van der Waals surface area contributed by atoms with Crippen LogP contribution in [0.15, 0.2) is 0 Å². The van der Waals surface area contributed by atoms with Crippen molar-refractivity contribution in [2.24, 2.45) is 0 Å². The molecule has 2 unspecified atom stereocenters. The van der Waals surface area contributed by atoms with Gasteiger partial charge in [-0.05, 0) is 61.1 Å². The lowest BCUT2D eigenvalue weighted by Gasteiger charge is -2.51. The first-order chi connectivity index (χ1) is 8.38. The van der Waals surface area contributed by atoms with E-state index in [1.165, 1.54) is 33.4 Å². The number of benzene rings is 1. The van der Waals surface area contributed by atoms with Crippen LogP contribution in [0.5, 0.6) is 0 Å². The van der Waals surface area contributed by atoms with Crippen molar-refractivity contribution in [1.29, 1.82) is 0 Å². The summed E-state index contributed by atoms with van der Waals surface area (Å²) in [6.07, 6.45) is 2.09. The van der Waals surface area contributed by atoms with Gasteiger partial charge >= 0.3 is 0 Å². The summed E-state index contributed by atoms with van der Waals surface area (Å²) < 4.78 is 11.4. The minimum Gasteiger partial charge on any atom is -0.373 e. The molecule has 2 nitrogen and oxygen atoms in total. The minimum atomic E-state index is -0.0712. The van der Waals surface area contributed by atoms with Gasteiger partial charge in [0.1, 0.15) is 0 Å². The lowest BCUT2D eigenvalue weighted by Crippen LogP contribution is -2.47. The van der Waals surface area contributed by atoms with Gasteiger partial charge in [-0.25, -0.2) is 0 Å². The van der Waals surface area contributed by atoms with Crippen LogP contribution in [0.3, 0.4) is 0 Å². The zero-order chi connectivity index (χ0) is 13.3. The highest BCUT2D eigenvalue weighted by Gasteiger charge is 2.50. The van der Waals surface area contributed by atoms with E-state index >= 15 is 0 Å². The van der Waals surface area contributed by atoms with Crippen LogP contribution in [0, 0.1) is 13.8 Å². The van der Waals surface area contributed by atoms with Crippen LogP contribution < -0.4 is 0 Å². The van der Waals surface area contributed by atoms with E-state index in [0.717, 1.165) is 12.8 Å². The van der Waals surface area contributed by atoms with Gasteiger partial charge in [0.05, 0.1) is 11.2 Å². The predicted molar refractivity (Wildman–Crippen MR) is 72.0 cm³/mol. The van der Waals surface area contributed by atoms with E-state index in [2.05, 4.69) is 27.7 Å². The molecule has 0 saturated heterocycles. The highest BCUT2D eigenvalue weighted by molar-refractivity contribution is 5.64. The number of rotatable bonds is 2. The number of fused-ring (bicyclic) bond motifs is 3. The third-order valence-corrected chi connectivity index (χ3v) is 5.27. The smallest absolute Gasteiger partial charge is 0.0945 e. The number of ether oxygens (including phenoxy) is 2. The Bertz CT molecular complexity index is 481. The molecule has 0 aliphatic heterocycles. The van der Waals surface area contributed by atoms with E-state index in [1.54, 1.807) is 0 Å². The first kappa shape index (κ1) is 12.2. The molecule has 0 N–H and O–H groups in total. The van der Waals surface area contributed by atoms with Crippen LogP contribution in [0.25, 0.3) is 0 Å². The Balaban J connectivity index is 2.22. The number of hydrogen-bond donors (Lipinski definition) is 0. The molecule has 2 aliphatic carbocycles. The molecule has 0 amide bonds. The fourth-order valence-electron chi connectivity index (χ4n) is 3.94. The average Bonchev–Trinajstić information content (AvgIpc) is 2.31. The van der Waals surface area contributed by atoms with Gasteiger partial charge in [0, 0.05) is 27.1 Å². The van der Waals surface area contributed by atoms with E-state index in [0.29, 0.717) is 0 Å². The number of hydrogen-bond acceptors (Lipinski definition) is 2. The molecular weight excluding hydrogens is 224 g/mol. The molecule has 0 saturated carbocycles. The summed E-state index contributed by atoms with van der Waals surface area (Å²) in [5.41, 5.74) is 8.54. The Labute approximate surface area is 109 Å². The maximum atomic E-state index is 5.70. The van der Waals surface area contributed by atoms with Crippen LogP contribution >= 0.6 is 0 Å². The lowest BCUT2D eigenvalue weighted by molar-refractivity contribution is -0.0331. The zero-order valence-electron chi connectivity index (χ0n) is 12.2. The maximum absolute atomic E-state index is 5.70. The van der Waals surface area contributed by atoms with Crippen LogP contribution in [0.4, 0.5) is 0 Å². The summed E-state index contributed by atoms with van der Waals surface area (Å²) in [6.45, 7) is 8.84. The van der Waals surface area contributed by atoms with Crippen LogP contribution in [0.2, 0.25) is 0 Å². The van der Waals surface area contributed by atoms with Crippen molar-refractivity contribution in [3.63, 3.8) is 0 Å². The van der Waals surface area contributed by atoms with E-state index in [4.69, 9.17) is 9.47 Å². The van der Waals surface area contributed by atoms with Gasteiger partial charge in [0.15, 0.2) is 0 Å². The quantitative estimate of drug-likeness (QED) is 0.798. The second kappa shape index (κ2) is 3.37. The van der Waals surface area contributed by atoms with E-state index in [9.17, 15) is 0 Å². The maximum Gasteiger partial charge on any atom is 0.0945 e. The summed E-state index contributed by atoms with van der Waals surface area (Å²) in [6, 6.07) is 0. The van der Waals surface area contributed by atoms with Gasteiger partial charge in [-0.2, -0.15) is 0 Å². The molecule has 2 heteroatoms. The Hall–Kier alpha value is -0.860. The standard InChI is InChI=1S/C16H22O2/c1-9-10(2)14-12(8-16(14,4)18-6)11-7-15(3,17-5)13(9)11/h7-8H2,1-6H3. The van der Waals surface area contributed by atoms with Gasteiger partial charge in [-0.15, -0.1) is 0 Å². The van der Waals surface area contributed by atoms with Crippen LogP contribution in [0.1, 0.15) is 47.2 Å². The molecule has 0 heterocycles. The van der Waals surface area contributed by atoms with Gasteiger partial charge in [0.2, 0.25) is 0 Å². The van der Waals surface area contributed by atoms with E-state index in [-0.39, 0.29) is 11.2 Å². The van der Waals surface area contributed by atoms with Crippen molar-refractivity contribution < 1.29 is 9.47 Å². The molecule has 1 aromatic rings. The van der Waals surface area contributed by atoms with E-state index in [1.807, 2.05) is 14.2 Å². The van der Waals surface area contributed by atoms with Crippen molar-refractivity contribution in [2.45, 2.75) is 51.7 Å². The molecule has 1 aromatic carbocycles. The Morgan fingerprint density at radius 1 is 0.778 bits per heavy atom. The van der Waals surface area contributed by atoms with Gasteiger partial charge in [0.25, 0.3) is 0 Å². The second-order valence-electron chi connectivity index (χ2n) is 6.18. The molecular formula is C16H22O2. The van der Waals surface area contributed by atoms with Gasteiger partial charge in [-0.1, -0.05) is 0 Å². The summed E-state index contributed by atoms with van der Waals surface area (Å²) >= 11 is 0. The molecule has 3 rings (SSSR count). The Morgan fingerprint density at radius 3 is 1.39 bits per heavy atom. The average molecular weight is 246 g/mol. The van der Waals surface area contributed by atoms with E-state index < -0.39 is 0 Å². The molecule has 0 fully saturated rings. The fourth-order valence-corrected chi connectivity index (χ4v) is 3.94. The normalized spacial score (nSPS) is 32.3. The third-order valence-electron chi connectivity index (χ3n) is 5.27. The van der Waals surface area contributed by atoms with Crippen molar-refractivity contribution in [2.75, 3.05) is 14.2 Å². The molecule has 0 spiro atoms. The van der Waals surface area contributed by atoms with Crippen molar-refractivity contribution in [1.82, 2.24) is 0 Å². The lowest BCUT2D eigenvalue weighted by atomic mass is 9.60.